The first kappa shape index (κ1) is 17.4. The summed E-state index contributed by atoms with van der Waals surface area (Å²) in [6.07, 6.45) is 1.38. The number of nitrogens with zero attached hydrogens (tertiary/aromatic N) is 1. The van der Waals surface area contributed by atoms with Crippen molar-refractivity contribution in [3.63, 3.8) is 0 Å². The molecule has 0 bridgehead atoms. The minimum atomic E-state index is -0.966. The summed E-state index contributed by atoms with van der Waals surface area (Å²) < 4.78 is 0. The molecule has 0 saturated heterocycles. The number of pyridine rings is 1. The van der Waals surface area contributed by atoms with Crippen LogP contribution in [0.4, 0.5) is 5.82 Å². The molecule has 21 heavy (non-hydrogen) atoms. The first-order valence-corrected chi connectivity index (χ1v) is 7.26. The predicted molar refractivity (Wildman–Crippen MR) is 83.9 cm³/mol. The molecule has 0 spiro atoms. The van der Waals surface area contributed by atoms with Crippen LogP contribution >= 0.6 is 0 Å². The summed E-state index contributed by atoms with van der Waals surface area (Å²) >= 11 is 0. The van der Waals surface area contributed by atoms with Crippen molar-refractivity contribution in [2.75, 3.05) is 11.9 Å². The van der Waals surface area contributed by atoms with Crippen LogP contribution in [0.1, 0.15) is 63.5 Å². The predicted octanol–water partition coefficient (Wildman–Crippen LogP) is 3.04. The van der Waals surface area contributed by atoms with E-state index < -0.39 is 5.97 Å². The van der Waals surface area contributed by atoms with Crippen molar-refractivity contribution in [2.45, 2.75) is 58.4 Å². The number of hydrogen-bond acceptors (Lipinski definition) is 4. The summed E-state index contributed by atoms with van der Waals surface area (Å²) in [4.78, 5) is 15.8. The van der Waals surface area contributed by atoms with E-state index in [0.29, 0.717) is 12.2 Å². The Labute approximate surface area is 126 Å². The molecule has 1 rings (SSSR count). The van der Waals surface area contributed by atoms with Gasteiger partial charge >= 0.3 is 5.97 Å². The van der Waals surface area contributed by atoms with Crippen molar-refractivity contribution >= 4 is 11.8 Å². The first-order valence-electron chi connectivity index (χ1n) is 7.26. The fourth-order valence-electron chi connectivity index (χ4n) is 1.99. The highest BCUT2D eigenvalue weighted by molar-refractivity contribution is 5.88. The van der Waals surface area contributed by atoms with Gasteiger partial charge in [0.05, 0.1) is 5.56 Å². The number of anilines is 1. The molecular weight excluding hydrogens is 268 g/mol. The highest BCUT2D eigenvalue weighted by Crippen LogP contribution is 2.26. The highest BCUT2D eigenvalue weighted by Gasteiger charge is 2.24. The van der Waals surface area contributed by atoms with E-state index in [1.54, 1.807) is 12.1 Å². The molecule has 3 N–H and O–H groups in total. The lowest BCUT2D eigenvalue weighted by Gasteiger charge is -2.30. The van der Waals surface area contributed by atoms with Gasteiger partial charge in [-0.15, -0.1) is 0 Å². The van der Waals surface area contributed by atoms with Crippen LogP contribution in [0.3, 0.4) is 0 Å². The largest absolute Gasteiger partial charge is 0.478 e. The Balaban J connectivity index is 3.23. The lowest BCUT2D eigenvalue weighted by atomic mass is 9.90. The van der Waals surface area contributed by atoms with Gasteiger partial charge in [0.1, 0.15) is 5.82 Å². The molecule has 0 aliphatic carbocycles. The van der Waals surface area contributed by atoms with E-state index in [0.717, 1.165) is 12.1 Å². The summed E-state index contributed by atoms with van der Waals surface area (Å²) in [6, 6.07) is 3.16. The van der Waals surface area contributed by atoms with Crippen LogP contribution in [0.25, 0.3) is 0 Å². The lowest BCUT2D eigenvalue weighted by molar-refractivity contribution is 0.0696. The summed E-state index contributed by atoms with van der Waals surface area (Å²) in [6.45, 7) is 10.1. The van der Waals surface area contributed by atoms with E-state index in [-0.39, 0.29) is 23.1 Å². The minimum absolute atomic E-state index is 0.0715. The Morgan fingerprint density at radius 2 is 1.90 bits per heavy atom. The Morgan fingerprint density at radius 3 is 2.33 bits per heavy atom. The molecule has 1 heterocycles. The molecule has 0 aromatic carbocycles. The van der Waals surface area contributed by atoms with Crippen LogP contribution in [0.15, 0.2) is 12.1 Å². The summed E-state index contributed by atoms with van der Waals surface area (Å²) in [7, 11) is 0. The molecule has 118 valence electrons. The molecule has 1 aromatic heterocycles. The topological polar surface area (TPSA) is 82.5 Å². The van der Waals surface area contributed by atoms with E-state index >= 15 is 0 Å². The zero-order valence-corrected chi connectivity index (χ0v) is 13.5. The van der Waals surface area contributed by atoms with Crippen molar-refractivity contribution in [3.05, 3.63) is 23.4 Å². The number of aliphatic hydroxyl groups excluding tert-OH is 1. The van der Waals surface area contributed by atoms with Gasteiger partial charge in [-0.05, 0) is 31.9 Å². The van der Waals surface area contributed by atoms with E-state index in [1.807, 2.05) is 34.6 Å². The van der Waals surface area contributed by atoms with Gasteiger partial charge in [-0.1, -0.05) is 27.7 Å². The molecule has 5 nitrogen and oxygen atoms in total. The van der Waals surface area contributed by atoms with Crippen molar-refractivity contribution in [3.8, 4) is 0 Å². The number of aromatic carboxylic acids is 1. The number of carboxylic acid groups (broad SMARTS) is 1. The van der Waals surface area contributed by atoms with Crippen molar-refractivity contribution in [1.82, 2.24) is 4.98 Å². The Morgan fingerprint density at radius 1 is 1.29 bits per heavy atom. The summed E-state index contributed by atoms with van der Waals surface area (Å²) in [5, 5.41) is 21.7. The number of carbonyl (C=O) groups is 1. The summed E-state index contributed by atoms with van der Waals surface area (Å²) in [5.41, 5.74) is 0.405. The maximum absolute atomic E-state index is 11.3. The molecule has 0 amide bonds. The average molecular weight is 294 g/mol. The fraction of sp³-hybridized carbons (Fsp3) is 0.625. The quantitative estimate of drug-likeness (QED) is 0.751. The van der Waals surface area contributed by atoms with E-state index in [9.17, 15) is 15.0 Å². The Bertz CT molecular complexity index is 509. The third-order valence-electron chi connectivity index (χ3n) is 3.71. The van der Waals surface area contributed by atoms with Crippen LogP contribution in [0, 0.1) is 0 Å². The van der Waals surface area contributed by atoms with Crippen LogP contribution in [-0.2, 0) is 5.41 Å². The molecule has 1 atom stereocenters. The zero-order chi connectivity index (χ0) is 16.3. The van der Waals surface area contributed by atoms with Gasteiger partial charge in [-0.2, -0.15) is 0 Å². The smallest absolute Gasteiger partial charge is 0.335 e. The molecule has 0 fully saturated rings. The maximum Gasteiger partial charge on any atom is 0.335 e. The van der Waals surface area contributed by atoms with Gasteiger partial charge in [-0.25, -0.2) is 9.78 Å². The molecular formula is C16H26N2O3. The van der Waals surface area contributed by atoms with Crippen molar-refractivity contribution in [1.29, 1.82) is 0 Å². The third kappa shape index (κ3) is 4.70. The average Bonchev–Trinajstić information content (AvgIpc) is 2.37. The Hall–Kier alpha value is -1.62. The first-order chi connectivity index (χ1) is 9.61. The second-order valence-corrected chi connectivity index (χ2v) is 6.69. The van der Waals surface area contributed by atoms with Crippen molar-refractivity contribution in [2.24, 2.45) is 0 Å². The number of nitrogens with one attached hydrogen (secondary N) is 1. The molecule has 5 heteroatoms. The number of aromatic nitrogens is 1. The lowest BCUT2D eigenvalue weighted by Crippen LogP contribution is -2.35. The van der Waals surface area contributed by atoms with Gasteiger partial charge in [0.15, 0.2) is 0 Å². The minimum Gasteiger partial charge on any atom is -0.478 e. The third-order valence-corrected chi connectivity index (χ3v) is 3.71. The SMILES string of the molecule is CCC(C)(CCO)Nc1cc(C(=O)O)cc(C(C)(C)C)n1. The molecule has 0 aliphatic heterocycles. The number of aliphatic hydroxyl groups is 1. The molecule has 0 radical (unpaired) electrons. The fourth-order valence-corrected chi connectivity index (χ4v) is 1.99. The van der Waals surface area contributed by atoms with Crippen molar-refractivity contribution < 1.29 is 15.0 Å². The maximum atomic E-state index is 11.3. The van der Waals surface area contributed by atoms with Gasteiger partial charge in [0.25, 0.3) is 0 Å². The number of hydrogen-bond donors (Lipinski definition) is 3. The highest BCUT2D eigenvalue weighted by atomic mass is 16.4. The monoisotopic (exact) mass is 294 g/mol. The van der Waals surface area contributed by atoms with E-state index in [4.69, 9.17) is 0 Å². The molecule has 0 aliphatic rings. The standard InChI is InChI=1S/C16H26N2O3/c1-6-16(5,7-8-19)18-13-10-11(14(20)21)9-12(17-13)15(2,3)4/h9-10,19H,6-8H2,1-5H3,(H,17,18)(H,20,21). The van der Waals surface area contributed by atoms with Gasteiger partial charge in [0.2, 0.25) is 0 Å². The van der Waals surface area contributed by atoms with Gasteiger partial charge < -0.3 is 15.5 Å². The van der Waals surface area contributed by atoms with Crippen LogP contribution < -0.4 is 5.32 Å². The Kier molecular flexibility index (Phi) is 5.34. The van der Waals surface area contributed by atoms with Crippen LogP contribution in [0.2, 0.25) is 0 Å². The zero-order valence-electron chi connectivity index (χ0n) is 13.5. The van der Waals surface area contributed by atoms with E-state index in [2.05, 4.69) is 10.3 Å². The van der Waals surface area contributed by atoms with Gasteiger partial charge in [0, 0.05) is 23.3 Å². The van der Waals surface area contributed by atoms with E-state index in [1.165, 1.54) is 0 Å². The number of rotatable bonds is 6. The summed E-state index contributed by atoms with van der Waals surface area (Å²) in [5.74, 6) is -0.427. The van der Waals surface area contributed by atoms with Crippen LogP contribution in [-0.4, -0.2) is 33.3 Å². The normalized spacial score (nSPS) is 14.6. The number of carboxylic acids is 1. The second kappa shape index (κ2) is 6.43. The molecule has 1 aromatic rings. The molecule has 1 unspecified atom stereocenters. The van der Waals surface area contributed by atoms with Crippen LogP contribution in [0.5, 0.6) is 0 Å². The second-order valence-electron chi connectivity index (χ2n) is 6.69. The molecule has 0 saturated carbocycles. The van der Waals surface area contributed by atoms with Gasteiger partial charge in [-0.3, -0.25) is 0 Å².